The lowest BCUT2D eigenvalue weighted by Crippen LogP contribution is -2.69. The molecule has 36 heavy (non-hydrogen) atoms. The van der Waals surface area contributed by atoms with E-state index in [4.69, 9.17) is 9.84 Å². The second-order valence-electron chi connectivity index (χ2n) is 11.3. The number of carboxylic acid groups (broad SMARTS) is 1. The van der Waals surface area contributed by atoms with Gasteiger partial charge in [-0.1, -0.05) is 26.3 Å². The fourth-order valence-electron chi connectivity index (χ4n) is 7.19. The van der Waals surface area contributed by atoms with E-state index in [9.17, 15) is 34.5 Å². The van der Waals surface area contributed by atoms with Gasteiger partial charge in [-0.2, -0.15) is 0 Å². The lowest BCUT2D eigenvalue weighted by molar-refractivity contribution is -0.206. The van der Waals surface area contributed by atoms with Gasteiger partial charge in [-0.15, -0.1) is 0 Å². The zero-order chi connectivity index (χ0) is 27.6. The predicted octanol–water partition coefficient (Wildman–Crippen LogP) is 2.99. The summed E-state index contributed by atoms with van der Waals surface area (Å²) in [5.74, 6) is -5.78. The van der Waals surface area contributed by atoms with E-state index in [1.54, 1.807) is 13.8 Å². The lowest BCUT2D eigenvalue weighted by atomic mass is 9.42. The number of Topliss-reactive ketones (excluding diaryl/α,β-unsaturated/α-hetero) is 1. The number of allylic oxidation sites excluding steroid dienone is 1. The Labute approximate surface area is 212 Å². The van der Waals surface area contributed by atoms with Crippen LogP contribution < -0.4 is 0 Å². The van der Waals surface area contributed by atoms with Crippen LogP contribution in [0.1, 0.15) is 67.2 Å². The van der Waals surface area contributed by atoms with Crippen LogP contribution in [0.25, 0.3) is 0 Å². The van der Waals surface area contributed by atoms with Crippen LogP contribution in [-0.2, 0) is 23.9 Å². The molecule has 2 saturated carbocycles. The third kappa shape index (κ3) is 5.72. The highest BCUT2D eigenvalue weighted by Gasteiger charge is 2.68. The van der Waals surface area contributed by atoms with Gasteiger partial charge in [0.1, 0.15) is 5.60 Å². The molecule has 2 rings (SSSR count). The van der Waals surface area contributed by atoms with Crippen molar-refractivity contribution >= 4 is 23.5 Å². The number of aliphatic carboxylic acids is 1. The number of aliphatic hydroxyl groups is 3. The smallest absolute Gasteiger partial charge is 0.328 e. The largest absolute Gasteiger partial charge is 0.515 e. The van der Waals surface area contributed by atoms with Gasteiger partial charge in [0.25, 0.3) is 0 Å². The summed E-state index contributed by atoms with van der Waals surface area (Å²) in [6.45, 7) is 9.72. The molecule has 202 valence electrons. The van der Waals surface area contributed by atoms with E-state index < -0.39 is 63.8 Å². The fraction of sp³-hybridized carbons (Fsp3) is 0.704. The monoisotopic (exact) mass is 508 g/mol. The predicted molar refractivity (Wildman–Crippen MR) is 131 cm³/mol. The van der Waals surface area contributed by atoms with Crippen LogP contribution in [0.15, 0.2) is 24.0 Å². The minimum atomic E-state index is -1.96. The minimum absolute atomic E-state index is 0.108. The SMILES string of the molecule is CC[C@@H](COC(=O)C/C(C)=C/C(=O)O)[C@H]1C(C)(O)C(=O)[C@H]2C[C@](C)(O)C[C@@H](C)[C@@H]2[C@@]1(C)C(=O)/C=C\O. The molecule has 0 aliphatic heterocycles. The number of ketones is 2. The molecule has 2 aliphatic carbocycles. The molecule has 0 radical (unpaired) electrons. The van der Waals surface area contributed by atoms with Crippen LogP contribution in [0.3, 0.4) is 0 Å². The van der Waals surface area contributed by atoms with Crippen molar-refractivity contribution < 1.29 is 44.3 Å². The maximum atomic E-state index is 13.7. The van der Waals surface area contributed by atoms with Gasteiger partial charge in [0.2, 0.25) is 0 Å². The molecule has 4 N–H and O–H groups in total. The first-order valence-electron chi connectivity index (χ1n) is 12.4. The van der Waals surface area contributed by atoms with Gasteiger partial charge >= 0.3 is 11.9 Å². The molecule has 2 fully saturated rings. The first-order valence-corrected chi connectivity index (χ1v) is 12.4. The highest BCUT2D eigenvalue weighted by atomic mass is 16.5. The van der Waals surface area contributed by atoms with Gasteiger partial charge in [0.05, 0.1) is 24.9 Å². The number of aliphatic hydroxyl groups excluding tert-OH is 1. The average Bonchev–Trinajstić information content (AvgIpc) is 2.72. The molecule has 0 heterocycles. The van der Waals surface area contributed by atoms with Crippen LogP contribution in [0.5, 0.6) is 0 Å². The molecule has 0 aromatic rings. The Morgan fingerprint density at radius 1 is 1.17 bits per heavy atom. The second kappa shape index (κ2) is 10.8. The molecular weight excluding hydrogens is 468 g/mol. The van der Waals surface area contributed by atoms with Crippen molar-refractivity contribution in [1.29, 1.82) is 0 Å². The van der Waals surface area contributed by atoms with Crippen molar-refractivity contribution in [3.8, 4) is 0 Å². The van der Waals surface area contributed by atoms with E-state index in [-0.39, 0.29) is 25.4 Å². The molecule has 0 saturated heterocycles. The van der Waals surface area contributed by atoms with Gasteiger partial charge in [-0.05, 0) is 57.8 Å². The number of hydrogen-bond donors (Lipinski definition) is 4. The number of carbonyl (C=O) groups excluding carboxylic acids is 3. The number of esters is 1. The zero-order valence-electron chi connectivity index (χ0n) is 22.0. The first kappa shape index (κ1) is 29.7. The molecule has 0 bridgehead atoms. The molecular formula is C27H40O9. The summed E-state index contributed by atoms with van der Waals surface area (Å²) >= 11 is 0. The van der Waals surface area contributed by atoms with Gasteiger partial charge in [0, 0.05) is 29.4 Å². The quantitative estimate of drug-likeness (QED) is 0.209. The standard InChI is InChI=1S/C27H40O9/c1-7-17(14-36-21(32)11-15(2)10-20(30)31)23-26(5,19(29)8-9-28)22-16(3)12-25(4,34)13-18(22)24(33)27(23,6)35/h8-10,16-18,22-23,28,34-35H,7,11-14H2,1-6H3,(H,30,31)/b9-8-,15-10+/t16-,17+,18+,22+,23-,25-,26-,27?/m1/s1. The molecule has 2 aliphatic rings. The number of hydrogen-bond acceptors (Lipinski definition) is 8. The number of ether oxygens (including phenoxy) is 1. The van der Waals surface area contributed by atoms with Gasteiger partial charge in [-0.3, -0.25) is 14.4 Å². The molecule has 0 aromatic carbocycles. The van der Waals surface area contributed by atoms with Crippen molar-refractivity contribution in [2.45, 2.75) is 78.4 Å². The van der Waals surface area contributed by atoms with Crippen LogP contribution in [0, 0.1) is 35.0 Å². The van der Waals surface area contributed by atoms with Gasteiger partial charge < -0.3 is 25.2 Å². The van der Waals surface area contributed by atoms with Crippen molar-refractivity contribution in [3.05, 3.63) is 24.0 Å². The highest BCUT2D eigenvalue weighted by Crippen LogP contribution is 2.61. The summed E-state index contributed by atoms with van der Waals surface area (Å²) in [7, 11) is 0. The van der Waals surface area contributed by atoms with E-state index in [0.29, 0.717) is 24.7 Å². The van der Waals surface area contributed by atoms with E-state index in [0.717, 1.165) is 12.2 Å². The highest BCUT2D eigenvalue weighted by molar-refractivity contribution is 6.00. The molecule has 9 nitrogen and oxygen atoms in total. The maximum Gasteiger partial charge on any atom is 0.328 e. The van der Waals surface area contributed by atoms with Gasteiger partial charge in [-0.25, -0.2) is 4.79 Å². The van der Waals surface area contributed by atoms with Crippen LogP contribution >= 0.6 is 0 Å². The summed E-state index contributed by atoms with van der Waals surface area (Å²) in [4.78, 5) is 50.5. The number of carbonyl (C=O) groups is 4. The Bertz CT molecular complexity index is 945. The third-order valence-electron chi connectivity index (χ3n) is 8.25. The van der Waals surface area contributed by atoms with Crippen LogP contribution in [-0.4, -0.2) is 61.7 Å². The van der Waals surface area contributed by atoms with E-state index in [1.165, 1.54) is 13.8 Å². The summed E-state index contributed by atoms with van der Waals surface area (Å²) in [5, 5.41) is 40.8. The molecule has 0 spiro atoms. The minimum Gasteiger partial charge on any atom is -0.515 e. The number of rotatable bonds is 9. The lowest BCUT2D eigenvalue weighted by Gasteiger charge is -2.61. The number of fused-ring (bicyclic) bond motifs is 1. The summed E-state index contributed by atoms with van der Waals surface area (Å²) < 4.78 is 5.44. The Kier molecular flexibility index (Phi) is 8.95. The Hall–Kier alpha value is -2.52. The third-order valence-corrected chi connectivity index (χ3v) is 8.25. The second-order valence-corrected chi connectivity index (χ2v) is 11.3. The van der Waals surface area contributed by atoms with E-state index >= 15 is 0 Å². The Balaban J connectivity index is 2.51. The Morgan fingerprint density at radius 3 is 2.31 bits per heavy atom. The maximum absolute atomic E-state index is 13.7. The van der Waals surface area contributed by atoms with E-state index in [1.807, 2.05) is 13.8 Å². The van der Waals surface area contributed by atoms with Crippen LogP contribution in [0.4, 0.5) is 0 Å². The summed E-state index contributed by atoms with van der Waals surface area (Å²) in [6, 6.07) is 0. The first-order chi connectivity index (χ1) is 16.5. The molecule has 0 aromatic heterocycles. The number of carboxylic acids is 1. The fourth-order valence-corrected chi connectivity index (χ4v) is 7.19. The molecule has 0 amide bonds. The topological polar surface area (TPSA) is 158 Å². The molecule has 8 atom stereocenters. The van der Waals surface area contributed by atoms with E-state index in [2.05, 4.69) is 0 Å². The van der Waals surface area contributed by atoms with Crippen molar-refractivity contribution in [2.75, 3.05) is 6.61 Å². The van der Waals surface area contributed by atoms with Crippen molar-refractivity contribution in [3.63, 3.8) is 0 Å². The molecule has 1 unspecified atom stereocenters. The summed E-state index contributed by atoms with van der Waals surface area (Å²) in [5.41, 5.74) is -4.09. The molecule has 9 heteroatoms. The summed E-state index contributed by atoms with van der Waals surface area (Å²) in [6.07, 6.45) is 3.21. The zero-order valence-corrected chi connectivity index (χ0v) is 22.0. The Morgan fingerprint density at radius 2 is 1.78 bits per heavy atom. The van der Waals surface area contributed by atoms with Crippen molar-refractivity contribution in [1.82, 2.24) is 0 Å². The van der Waals surface area contributed by atoms with Crippen LogP contribution in [0.2, 0.25) is 0 Å². The van der Waals surface area contributed by atoms with Gasteiger partial charge in [0.15, 0.2) is 11.6 Å². The normalized spacial score (nSPS) is 37.9. The van der Waals surface area contributed by atoms with Crippen molar-refractivity contribution in [2.24, 2.45) is 35.0 Å². The average molecular weight is 509 g/mol.